The number of anilines is 1. The van der Waals surface area contributed by atoms with E-state index in [0.717, 1.165) is 44.3 Å². The minimum absolute atomic E-state index is 0.0191. The van der Waals surface area contributed by atoms with Crippen molar-refractivity contribution < 1.29 is 5.11 Å². The Morgan fingerprint density at radius 1 is 1.04 bits per heavy atom. The first-order valence-corrected chi connectivity index (χ1v) is 7.27. The Bertz CT molecular complexity index is 1040. The van der Waals surface area contributed by atoms with Crippen molar-refractivity contribution in [2.24, 2.45) is 0 Å². The molecule has 6 nitrogen and oxygen atoms in total. The highest BCUT2D eigenvalue weighted by atomic mass is 16.3. The Labute approximate surface area is 132 Å². The molecule has 114 valence electrons. The molecule has 23 heavy (non-hydrogen) atoms. The normalized spacial score (nSPS) is 11.2. The number of fused-ring (bicyclic) bond motifs is 3. The first-order valence-electron chi connectivity index (χ1n) is 7.27. The standard InChI is InChI=1S/C17H15N5O/c1-9-3-15(23)20-7-13(9)12-4-10-6-19-14(18-2)5-11(10)16-17(12)22-8-21-16/h3-8H,1-2H3,(H,18,19)(H,20,23)(H,21,22). The predicted molar refractivity (Wildman–Crippen MR) is 90.6 cm³/mol. The van der Waals surface area contributed by atoms with Crippen LogP contribution in [0.1, 0.15) is 5.56 Å². The van der Waals surface area contributed by atoms with Crippen molar-refractivity contribution in [3.8, 4) is 17.0 Å². The maximum atomic E-state index is 9.54. The molecule has 4 rings (SSSR count). The van der Waals surface area contributed by atoms with Crippen LogP contribution in [0.25, 0.3) is 32.9 Å². The van der Waals surface area contributed by atoms with Gasteiger partial charge in [0, 0.05) is 47.4 Å². The van der Waals surface area contributed by atoms with Gasteiger partial charge in [-0.25, -0.2) is 15.0 Å². The van der Waals surface area contributed by atoms with Gasteiger partial charge in [0.1, 0.15) is 5.82 Å². The second-order valence-corrected chi connectivity index (χ2v) is 5.45. The van der Waals surface area contributed by atoms with E-state index in [0.29, 0.717) is 0 Å². The monoisotopic (exact) mass is 305 g/mol. The molecule has 0 aliphatic heterocycles. The lowest BCUT2D eigenvalue weighted by Gasteiger charge is -2.10. The van der Waals surface area contributed by atoms with Crippen molar-refractivity contribution >= 4 is 27.6 Å². The van der Waals surface area contributed by atoms with Crippen LogP contribution >= 0.6 is 0 Å². The van der Waals surface area contributed by atoms with Crippen LogP contribution < -0.4 is 5.32 Å². The van der Waals surface area contributed by atoms with E-state index < -0.39 is 0 Å². The molecule has 0 aliphatic carbocycles. The Morgan fingerprint density at radius 3 is 2.70 bits per heavy atom. The lowest BCUT2D eigenvalue weighted by Crippen LogP contribution is -1.93. The van der Waals surface area contributed by atoms with Gasteiger partial charge in [-0.3, -0.25) is 0 Å². The van der Waals surface area contributed by atoms with Crippen LogP contribution in [0, 0.1) is 6.92 Å². The minimum Gasteiger partial charge on any atom is -0.493 e. The van der Waals surface area contributed by atoms with E-state index in [4.69, 9.17) is 0 Å². The van der Waals surface area contributed by atoms with Crippen molar-refractivity contribution in [1.29, 1.82) is 0 Å². The van der Waals surface area contributed by atoms with Gasteiger partial charge in [-0.2, -0.15) is 0 Å². The molecule has 0 amide bonds. The first kappa shape index (κ1) is 13.5. The van der Waals surface area contributed by atoms with E-state index in [-0.39, 0.29) is 5.88 Å². The summed E-state index contributed by atoms with van der Waals surface area (Å²) in [5, 5.41) is 14.7. The van der Waals surface area contributed by atoms with E-state index in [2.05, 4.69) is 31.3 Å². The number of pyridine rings is 2. The number of H-pyrrole nitrogens is 1. The molecule has 4 aromatic rings. The molecule has 1 aromatic carbocycles. The zero-order valence-corrected chi connectivity index (χ0v) is 12.8. The van der Waals surface area contributed by atoms with Gasteiger partial charge in [-0.1, -0.05) is 0 Å². The molecule has 3 N–H and O–H groups in total. The van der Waals surface area contributed by atoms with Gasteiger partial charge in [-0.15, -0.1) is 0 Å². The molecular formula is C17H15N5O. The summed E-state index contributed by atoms with van der Waals surface area (Å²) >= 11 is 0. The Kier molecular flexibility index (Phi) is 2.90. The van der Waals surface area contributed by atoms with Crippen molar-refractivity contribution in [3.63, 3.8) is 0 Å². The molecule has 0 unspecified atom stereocenters. The van der Waals surface area contributed by atoms with Crippen molar-refractivity contribution in [2.75, 3.05) is 12.4 Å². The van der Waals surface area contributed by atoms with Gasteiger partial charge in [0.2, 0.25) is 5.88 Å². The molecule has 0 saturated carbocycles. The highest BCUT2D eigenvalue weighted by Crippen LogP contribution is 2.35. The van der Waals surface area contributed by atoms with Crippen LogP contribution in [0.15, 0.2) is 36.9 Å². The molecule has 0 saturated heterocycles. The van der Waals surface area contributed by atoms with Crippen molar-refractivity contribution in [2.45, 2.75) is 6.92 Å². The smallest absolute Gasteiger partial charge is 0.210 e. The van der Waals surface area contributed by atoms with Crippen molar-refractivity contribution in [1.82, 2.24) is 19.9 Å². The summed E-state index contributed by atoms with van der Waals surface area (Å²) in [5.41, 5.74) is 4.70. The van der Waals surface area contributed by atoms with Crippen LogP contribution in [0.3, 0.4) is 0 Å². The average molecular weight is 305 g/mol. The van der Waals surface area contributed by atoms with E-state index in [1.165, 1.54) is 0 Å². The molecule has 0 radical (unpaired) electrons. The summed E-state index contributed by atoms with van der Waals surface area (Å²) < 4.78 is 0. The van der Waals surface area contributed by atoms with Gasteiger partial charge >= 0.3 is 0 Å². The lowest BCUT2D eigenvalue weighted by atomic mass is 9.98. The molecule has 0 bridgehead atoms. The van der Waals surface area contributed by atoms with E-state index in [1.807, 2.05) is 26.2 Å². The number of hydrogen-bond donors (Lipinski definition) is 3. The van der Waals surface area contributed by atoms with Crippen LogP contribution in [0.2, 0.25) is 0 Å². The Hall–Kier alpha value is -3.15. The maximum Gasteiger partial charge on any atom is 0.210 e. The predicted octanol–water partition coefficient (Wildman–Crippen LogP) is 3.23. The summed E-state index contributed by atoms with van der Waals surface area (Å²) in [4.78, 5) is 16.1. The number of aromatic amines is 1. The molecule has 0 fully saturated rings. The Morgan fingerprint density at radius 2 is 1.91 bits per heavy atom. The number of aryl methyl sites for hydroxylation is 1. The molecule has 0 atom stereocenters. The van der Waals surface area contributed by atoms with E-state index >= 15 is 0 Å². The third-order valence-electron chi connectivity index (χ3n) is 4.04. The number of benzene rings is 1. The third-order valence-corrected chi connectivity index (χ3v) is 4.04. The molecule has 0 aliphatic rings. The molecule has 0 spiro atoms. The van der Waals surface area contributed by atoms with E-state index in [1.54, 1.807) is 18.6 Å². The number of aromatic nitrogens is 4. The minimum atomic E-state index is 0.0191. The Balaban J connectivity index is 2.08. The van der Waals surface area contributed by atoms with Crippen LogP contribution in [0.5, 0.6) is 5.88 Å². The molecule has 3 aromatic heterocycles. The highest BCUT2D eigenvalue weighted by molar-refractivity contribution is 6.11. The lowest BCUT2D eigenvalue weighted by molar-refractivity contribution is 0.453. The van der Waals surface area contributed by atoms with Gasteiger partial charge in [0.15, 0.2) is 0 Å². The number of nitrogens with zero attached hydrogens (tertiary/aromatic N) is 3. The fourth-order valence-corrected chi connectivity index (χ4v) is 2.89. The number of aromatic hydroxyl groups is 1. The molecule has 3 heterocycles. The quantitative estimate of drug-likeness (QED) is 0.529. The van der Waals surface area contributed by atoms with Gasteiger partial charge in [0.05, 0.1) is 17.4 Å². The van der Waals surface area contributed by atoms with Gasteiger partial charge in [0.25, 0.3) is 0 Å². The van der Waals surface area contributed by atoms with Crippen LogP contribution in [-0.4, -0.2) is 32.1 Å². The second kappa shape index (κ2) is 4.95. The fourth-order valence-electron chi connectivity index (χ4n) is 2.89. The fraction of sp³-hybridized carbons (Fsp3) is 0.118. The van der Waals surface area contributed by atoms with Crippen LogP contribution in [-0.2, 0) is 0 Å². The molecule has 6 heteroatoms. The van der Waals surface area contributed by atoms with E-state index in [9.17, 15) is 5.11 Å². The largest absolute Gasteiger partial charge is 0.493 e. The summed E-state index contributed by atoms with van der Waals surface area (Å²) in [6, 6.07) is 5.72. The van der Waals surface area contributed by atoms with Crippen LogP contribution in [0.4, 0.5) is 5.82 Å². The summed E-state index contributed by atoms with van der Waals surface area (Å²) in [6.07, 6.45) is 5.21. The first-order chi connectivity index (χ1) is 11.2. The summed E-state index contributed by atoms with van der Waals surface area (Å²) in [7, 11) is 1.85. The maximum absolute atomic E-state index is 9.54. The second-order valence-electron chi connectivity index (χ2n) is 5.45. The third kappa shape index (κ3) is 2.07. The zero-order valence-electron chi connectivity index (χ0n) is 12.8. The number of imidazole rings is 1. The number of hydrogen-bond acceptors (Lipinski definition) is 5. The topological polar surface area (TPSA) is 86.7 Å². The van der Waals surface area contributed by atoms with Crippen molar-refractivity contribution in [3.05, 3.63) is 42.5 Å². The zero-order chi connectivity index (χ0) is 16.0. The molecular weight excluding hydrogens is 290 g/mol. The van der Waals surface area contributed by atoms with Gasteiger partial charge in [-0.05, 0) is 24.6 Å². The SMILES string of the molecule is CNc1cc2c(cn1)cc(-c1cnc(O)cc1C)c1nc[nH]c12. The number of nitrogens with one attached hydrogen (secondary N) is 2. The summed E-state index contributed by atoms with van der Waals surface area (Å²) in [6.45, 7) is 1.95. The average Bonchev–Trinajstić information content (AvgIpc) is 3.04. The number of rotatable bonds is 2. The summed E-state index contributed by atoms with van der Waals surface area (Å²) in [5.74, 6) is 0.828. The highest BCUT2D eigenvalue weighted by Gasteiger charge is 2.14. The van der Waals surface area contributed by atoms with Gasteiger partial charge < -0.3 is 15.4 Å².